The lowest BCUT2D eigenvalue weighted by molar-refractivity contribution is -0.142. The van der Waals surface area contributed by atoms with Crippen LogP contribution in [0.4, 0.5) is 0 Å². The lowest BCUT2D eigenvalue weighted by Crippen LogP contribution is -2.59. The van der Waals surface area contributed by atoms with Gasteiger partial charge in [-0.2, -0.15) is 0 Å². The molecule has 12 nitrogen and oxygen atoms in total. The van der Waals surface area contributed by atoms with Gasteiger partial charge in [-0.15, -0.1) is 0 Å². The molecule has 33 heavy (non-hydrogen) atoms. The molecule has 190 valence electrons. The SMILES string of the molecule is CCC(C)C(NC(=O)C(N)C(C)C)C(=O)NC(CC(N)=O)C(=O)NC(CCCCN)C(=O)O. The monoisotopic (exact) mass is 472 g/mol. The standard InChI is InChI=1S/C21H40N6O6/c1-5-12(4)17(27-19(30)16(24)11(2)3)20(31)26-14(10-15(23)28)18(29)25-13(21(32)33)8-6-7-9-22/h11-14,16-17H,5-10,22,24H2,1-4H3,(H2,23,28)(H,25,29)(H,26,31)(H,27,30)(H,32,33). The smallest absolute Gasteiger partial charge is 0.326 e. The molecule has 0 saturated carbocycles. The van der Waals surface area contributed by atoms with Gasteiger partial charge in [-0.05, 0) is 37.6 Å². The van der Waals surface area contributed by atoms with Crippen molar-refractivity contribution in [3.8, 4) is 0 Å². The molecule has 0 aliphatic carbocycles. The molecule has 0 aromatic rings. The third kappa shape index (κ3) is 11.1. The van der Waals surface area contributed by atoms with Gasteiger partial charge >= 0.3 is 5.97 Å². The van der Waals surface area contributed by atoms with E-state index in [0.717, 1.165) is 0 Å². The number of aliphatic carboxylic acids is 1. The van der Waals surface area contributed by atoms with Gasteiger partial charge in [0.2, 0.25) is 23.6 Å². The first-order valence-electron chi connectivity index (χ1n) is 11.2. The number of nitrogens with one attached hydrogen (secondary N) is 3. The zero-order valence-electron chi connectivity index (χ0n) is 19.9. The molecule has 0 bridgehead atoms. The molecule has 5 unspecified atom stereocenters. The average Bonchev–Trinajstić information content (AvgIpc) is 2.74. The van der Waals surface area contributed by atoms with E-state index < -0.39 is 60.2 Å². The van der Waals surface area contributed by atoms with Gasteiger partial charge in [-0.1, -0.05) is 34.1 Å². The Hall–Kier alpha value is -2.73. The van der Waals surface area contributed by atoms with Crippen molar-refractivity contribution in [3.63, 3.8) is 0 Å². The Kier molecular flexibility index (Phi) is 13.9. The number of unbranched alkanes of at least 4 members (excludes halogenated alkanes) is 1. The summed E-state index contributed by atoms with van der Waals surface area (Å²) in [7, 11) is 0. The van der Waals surface area contributed by atoms with Crippen LogP contribution in [0.2, 0.25) is 0 Å². The third-order valence-electron chi connectivity index (χ3n) is 5.41. The minimum Gasteiger partial charge on any atom is -0.480 e. The maximum atomic E-state index is 13.0. The second-order valence-corrected chi connectivity index (χ2v) is 8.56. The number of carbonyl (C=O) groups excluding carboxylic acids is 4. The van der Waals surface area contributed by atoms with Crippen molar-refractivity contribution in [2.24, 2.45) is 29.0 Å². The zero-order chi connectivity index (χ0) is 25.7. The van der Waals surface area contributed by atoms with E-state index >= 15 is 0 Å². The summed E-state index contributed by atoms with van der Waals surface area (Å²) in [5, 5.41) is 16.7. The molecule has 0 spiro atoms. The van der Waals surface area contributed by atoms with E-state index in [1.54, 1.807) is 20.8 Å². The Bertz CT molecular complexity index is 686. The van der Waals surface area contributed by atoms with Crippen molar-refractivity contribution in [2.45, 2.75) is 84.0 Å². The van der Waals surface area contributed by atoms with Crippen LogP contribution in [0.25, 0.3) is 0 Å². The first kappa shape index (κ1) is 30.3. The molecule has 0 aliphatic heterocycles. The summed E-state index contributed by atoms with van der Waals surface area (Å²) < 4.78 is 0. The van der Waals surface area contributed by atoms with Crippen LogP contribution in [0.1, 0.15) is 59.8 Å². The molecule has 0 heterocycles. The molecule has 4 amide bonds. The van der Waals surface area contributed by atoms with Gasteiger partial charge in [-0.3, -0.25) is 19.2 Å². The maximum absolute atomic E-state index is 13.0. The highest BCUT2D eigenvalue weighted by atomic mass is 16.4. The van der Waals surface area contributed by atoms with Crippen molar-refractivity contribution in [1.29, 1.82) is 0 Å². The van der Waals surface area contributed by atoms with Gasteiger partial charge < -0.3 is 38.3 Å². The van der Waals surface area contributed by atoms with Crippen LogP contribution in [0.15, 0.2) is 0 Å². The van der Waals surface area contributed by atoms with Gasteiger partial charge in [0.1, 0.15) is 18.1 Å². The molecule has 0 fully saturated rings. The van der Waals surface area contributed by atoms with Crippen molar-refractivity contribution in [3.05, 3.63) is 0 Å². The Morgan fingerprint density at radius 1 is 0.879 bits per heavy atom. The predicted molar refractivity (Wildman–Crippen MR) is 122 cm³/mol. The van der Waals surface area contributed by atoms with Crippen molar-refractivity contribution >= 4 is 29.6 Å². The summed E-state index contributed by atoms with van der Waals surface area (Å²) >= 11 is 0. The van der Waals surface area contributed by atoms with Crippen LogP contribution < -0.4 is 33.2 Å². The zero-order valence-corrected chi connectivity index (χ0v) is 19.9. The second kappa shape index (κ2) is 15.2. The summed E-state index contributed by atoms with van der Waals surface area (Å²) in [6.45, 7) is 7.48. The van der Waals surface area contributed by atoms with Crippen molar-refractivity contribution < 1.29 is 29.1 Å². The van der Waals surface area contributed by atoms with Crippen LogP contribution in [0, 0.1) is 11.8 Å². The highest BCUT2D eigenvalue weighted by Gasteiger charge is 2.33. The Balaban J connectivity index is 5.53. The molecule has 0 rings (SSSR count). The molecule has 0 aliphatic rings. The number of hydrogen-bond donors (Lipinski definition) is 7. The van der Waals surface area contributed by atoms with Gasteiger partial charge in [0.05, 0.1) is 12.5 Å². The van der Waals surface area contributed by atoms with E-state index in [4.69, 9.17) is 17.2 Å². The lowest BCUT2D eigenvalue weighted by Gasteiger charge is -2.28. The second-order valence-electron chi connectivity index (χ2n) is 8.56. The van der Waals surface area contributed by atoms with E-state index in [9.17, 15) is 29.1 Å². The van der Waals surface area contributed by atoms with Gasteiger partial charge in [0.15, 0.2) is 0 Å². The largest absolute Gasteiger partial charge is 0.480 e. The van der Waals surface area contributed by atoms with E-state index in [1.165, 1.54) is 0 Å². The quantitative estimate of drug-likeness (QED) is 0.131. The van der Waals surface area contributed by atoms with E-state index in [0.29, 0.717) is 25.8 Å². The number of amides is 4. The van der Waals surface area contributed by atoms with Gasteiger partial charge in [0, 0.05) is 0 Å². The summed E-state index contributed by atoms with van der Waals surface area (Å²) in [5.74, 6) is -4.68. The molecule has 5 atom stereocenters. The topological polar surface area (TPSA) is 220 Å². The average molecular weight is 473 g/mol. The summed E-state index contributed by atoms with van der Waals surface area (Å²) in [6.07, 6.45) is 1.17. The highest BCUT2D eigenvalue weighted by Crippen LogP contribution is 2.11. The minimum atomic E-state index is -1.41. The molecule has 0 saturated heterocycles. The van der Waals surface area contributed by atoms with Gasteiger partial charge in [0.25, 0.3) is 0 Å². The lowest BCUT2D eigenvalue weighted by atomic mass is 9.96. The Labute approximate surface area is 194 Å². The maximum Gasteiger partial charge on any atom is 0.326 e. The fraction of sp³-hybridized carbons (Fsp3) is 0.762. The normalized spacial score (nSPS) is 15.6. The minimum absolute atomic E-state index is 0.133. The number of nitrogens with two attached hydrogens (primary N) is 3. The number of carboxylic acids is 1. The molecular weight excluding hydrogens is 432 g/mol. The number of carbonyl (C=O) groups is 5. The molecule has 0 aromatic carbocycles. The van der Waals surface area contributed by atoms with Crippen LogP contribution in [-0.2, 0) is 24.0 Å². The predicted octanol–water partition coefficient (Wildman–Crippen LogP) is -1.44. The third-order valence-corrected chi connectivity index (χ3v) is 5.41. The van der Waals surface area contributed by atoms with Crippen molar-refractivity contribution in [2.75, 3.05) is 6.54 Å². The van der Waals surface area contributed by atoms with E-state index in [1.807, 2.05) is 6.92 Å². The Morgan fingerprint density at radius 2 is 1.45 bits per heavy atom. The summed E-state index contributed by atoms with van der Waals surface area (Å²) in [5.41, 5.74) is 16.5. The summed E-state index contributed by atoms with van der Waals surface area (Å²) in [6, 6.07) is -4.48. The van der Waals surface area contributed by atoms with Crippen LogP contribution in [0.5, 0.6) is 0 Å². The molecule has 12 heteroatoms. The molecule has 10 N–H and O–H groups in total. The first-order chi connectivity index (χ1) is 15.3. The van der Waals surface area contributed by atoms with Gasteiger partial charge in [-0.25, -0.2) is 4.79 Å². The van der Waals surface area contributed by atoms with Crippen molar-refractivity contribution in [1.82, 2.24) is 16.0 Å². The number of rotatable bonds is 16. The number of hydrogen-bond acceptors (Lipinski definition) is 7. The number of primary amides is 1. The Morgan fingerprint density at radius 3 is 1.91 bits per heavy atom. The fourth-order valence-corrected chi connectivity index (χ4v) is 2.95. The van der Waals surface area contributed by atoms with Crippen LogP contribution in [0.3, 0.4) is 0 Å². The van der Waals surface area contributed by atoms with E-state index in [-0.39, 0.29) is 18.3 Å². The molecular formula is C21H40N6O6. The van der Waals surface area contributed by atoms with Crippen LogP contribution >= 0.6 is 0 Å². The fourth-order valence-electron chi connectivity index (χ4n) is 2.95. The molecule has 0 aromatic heterocycles. The van der Waals surface area contributed by atoms with E-state index in [2.05, 4.69) is 16.0 Å². The summed E-state index contributed by atoms with van der Waals surface area (Å²) in [4.78, 5) is 61.1. The number of carboxylic acid groups (broad SMARTS) is 1. The highest BCUT2D eigenvalue weighted by molar-refractivity contribution is 5.96. The molecule has 0 radical (unpaired) electrons. The first-order valence-corrected chi connectivity index (χ1v) is 11.2. The van der Waals surface area contributed by atoms with Crippen LogP contribution in [-0.4, -0.2) is 65.4 Å².